The van der Waals surface area contributed by atoms with Crippen molar-refractivity contribution in [1.82, 2.24) is 19.1 Å². The van der Waals surface area contributed by atoms with E-state index < -0.39 is 43.2 Å². The van der Waals surface area contributed by atoms with Crippen LogP contribution in [0.3, 0.4) is 0 Å². The maximum Gasteiger partial charge on any atom is 0.330 e. The summed E-state index contributed by atoms with van der Waals surface area (Å²) in [4.78, 5) is 53.1. The molecule has 0 radical (unpaired) electrons. The average Bonchev–Trinajstić information content (AvgIpc) is 2.83. The number of nitrogens with zero attached hydrogens (tertiary/aromatic N) is 2. The van der Waals surface area contributed by atoms with Crippen LogP contribution in [-0.2, 0) is 13.6 Å². The molecule has 0 aliphatic rings. The first kappa shape index (κ1) is 29.7. The van der Waals surface area contributed by atoms with Crippen molar-refractivity contribution in [1.29, 1.82) is 0 Å². The minimum atomic E-state index is -3.20. The van der Waals surface area contributed by atoms with Crippen LogP contribution in [0.4, 0.5) is 0 Å². The van der Waals surface area contributed by atoms with E-state index in [1.54, 1.807) is 13.8 Å². The van der Waals surface area contributed by atoms with Gasteiger partial charge in [-0.2, -0.15) is 0 Å². The molecule has 0 fully saturated rings. The Morgan fingerprint density at radius 3 is 1.47 bits per heavy atom. The van der Waals surface area contributed by atoms with Gasteiger partial charge >= 0.3 is 19.6 Å². The molecule has 2 heterocycles. The van der Waals surface area contributed by atoms with E-state index in [4.69, 9.17) is 9.05 Å². The Balaban J connectivity index is 2.28. The van der Waals surface area contributed by atoms with E-state index >= 15 is 0 Å². The topological polar surface area (TPSA) is 145 Å². The predicted molar refractivity (Wildman–Crippen MR) is 139 cm³/mol. The molecular formula is C24H39N4O7P. The molecule has 2 aromatic heterocycles. The number of hydrogen-bond donors (Lipinski definition) is 2. The summed E-state index contributed by atoms with van der Waals surface area (Å²) in [5, 5.41) is 0. The van der Waals surface area contributed by atoms with E-state index in [2.05, 4.69) is 23.8 Å². The highest BCUT2D eigenvalue weighted by Gasteiger charge is 2.22. The molecule has 2 N–H and O–H groups in total. The third-order valence-corrected chi connectivity index (χ3v) is 6.92. The van der Waals surface area contributed by atoms with Crippen LogP contribution in [0.5, 0.6) is 0 Å². The predicted octanol–water partition coefficient (Wildman–Crippen LogP) is 4.06. The number of aromatic amines is 2. The lowest BCUT2D eigenvalue weighted by atomic mass is 10.1. The number of aryl methyl sites for hydroxylation is 2. The standard InChI is InChI=1S/C24H39N4O7P/c1-5-7-9-11-13-19(27-15-17(3)21(29)25-23(27)31)34-36(33)35-20(14-12-10-8-6-2)28-16-18(4)22(30)26-24(28)32/h15-16,19-20,36H,5-14H2,1-4H3,(H,25,29,31)(H,26,30,32). The van der Waals surface area contributed by atoms with Crippen LogP contribution in [-0.4, -0.2) is 19.1 Å². The lowest BCUT2D eigenvalue weighted by molar-refractivity contribution is 0.0518. The molecule has 0 bridgehead atoms. The minimum absolute atomic E-state index is 0.321. The molecular weight excluding hydrogens is 487 g/mol. The fraction of sp³-hybridized carbons (Fsp3) is 0.667. The summed E-state index contributed by atoms with van der Waals surface area (Å²) in [6, 6.07) is 0. The van der Waals surface area contributed by atoms with Gasteiger partial charge in [0, 0.05) is 23.5 Å². The van der Waals surface area contributed by atoms with E-state index in [0.29, 0.717) is 24.0 Å². The third-order valence-electron chi connectivity index (χ3n) is 5.99. The molecule has 2 unspecified atom stereocenters. The van der Waals surface area contributed by atoms with E-state index in [9.17, 15) is 23.7 Å². The highest BCUT2D eigenvalue weighted by Crippen LogP contribution is 2.37. The fourth-order valence-corrected chi connectivity index (χ4v) is 4.81. The molecule has 2 aromatic rings. The van der Waals surface area contributed by atoms with Crippen molar-refractivity contribution in [3.05, 3.63) is 65.2 Å². The number of unbranched alkanes of at least 4 members (excludes halogenated alkanes) is 6. The van der Waals surface area contributed by atoms with Gasteiger partial charge in [-0.15, -0.1) is 0 Å². The zero-order chi connectivity index (χ0) is 26.7. The highest BCUT2D eigenvalue weighted by molar-refractivity contribution is 7.33. The average molecular weight is 527 g/mol. The normalized spacial score (nSPS) is 14.0. The second kappa shape index (κ2) is 14.9. The minimum Gasteiger partial charge on any atom is -0.286 e. The molecule has 0 amide bonds. The number of aromatic nitrogens is 4. The van der Waals surface area contributed by atoms with Crippen molar-refractivity contribution < 1.29 is 13.6 Å². The number of hydrogen-bond acceptors (Lipinski definition) is 7. The molecule has 11 nitrogen and oxygen atoms in total. The Hall–Kier alpha value is -2.49. The van der Waals surface area contributed by atoms with Gasteiger partial charge in [0.2, 0.25) is 0 Å². The second-order valence-corrected chi connectivity index (χ2v) is 10.0. The quantitative estimate of drug-likeness (QED) is 0.248. The van der Waals surface area contributed by atoms with Crippen LogP contribution in [0.25, 0.3) is 0 Å². The summed E-state index contributed by atoms with van der Waals surface area (Å²) in [6.45, 7) is 7.30. The maximum absolute atomic E-state index is 13.1. The summed E-state index contributed by atoms with van der Waals surface area (Å²) < 4.78 is 27.0. The van der Waals surface area contributed by atoms with Gasteiger partial charge in [-0.05, 0) is 39.5 Å². The van der Waals surface area contributed by atoms with Crippen molar-refractivity contribution in [2.75, 3.05) is 0 Å². The molecule has 0 aliphatic carbocycles. The van der Waals surface area contributed by atoms with Crippen LogP contribution in [0.15, 0.2) is 31.6 Å². The van der Waals surface area contributed by atoms with Crippen LogP contribution >= 0.6 is 8.25 Å². The van der Waals surface area contributed by atoms with Crippen molar-refractivity contribution in [3.63, 3.8) is 0 Å². The van der Waals surface area contributed by atoms with Gasteiger partial charge < -0.3 is 0 Å². The molecule has 12 heteroatoms. The smallest absolute Gasteiger partial charge is 0.286 e. The molecule has 0 spiro atoms. The maximum atomic E-state index is 13.1. The van der Waals surface area contributed by atoms with Gasteiger partial charge in [0.05, 0.1) is 0 Å². The highest BCUT2D eigenvalue weighted by atomic mass is 31.1. The zero-order valence-corrected chi connectivity index (χ0v) is 22.6. The van der Waals surface area contributed by atoms with Gasteiger partial charge in [-0.25, -0.2) is 9.59 Å². The lowest BCUT2D eigenvalue weighted by Gasteiger charge is -2.23. The molecule has 202 valence electrons. The second-order valence-electron chi connectivity index (χ2n) is 9.05. The summed E-state index contributed by atoms with van der Waals surface area (Å²) in [5.74, 6) is 0. The van der Waals surface area contributed by atoms with Crippen molar-refractivity contribution in [2.45, 2.75) is 104 Å². The summed E-state index contributed by atoms with van der Waals surface area (Å²) in [6.07, 6.45) is 9.05. The Bertz CT molecular complexity index is 1140. The largest absolute Gasteiger partial charge is 0.330 e. The van der Waals surface area contributed by atoms with Crippen molar-refractivity contribution in [2.24, 2.45) is 0 Å². The molecule has 0 aliphatic heterocycles. The van der Waals surface area contributed by atoms with E-state index in [0.717, 1.165) is 51.4 Å². The molecule has 0 saturated heterocycles. The Kier molecular flexibility index (Phi) is 12.3. The van der Waals surface area contributed by atoms with Crippen molar-refractivity contribution in [3.8, 4) is 0 Å². The Morgan fingerprint density at radius 1 is 0.722 bits per heavy atom. The van der Waals surface area contributed by atoms with Gasteiger partial charge in [-0.1, -0.05) is 52.4 Å². The molecule has 0 aromatic carbocycles. The number of H-pyrrole nitrogens is 2. The lowest BCUT2D eigenvalue weighted by Crippen LogP contribution is -2.34. The number of nitrogens with one attached hydrogen (secondary N) is 2. The Labute approximate surface area is 210 Å². The molecule has 0 saturated carbocycles. The van der Waals surface area contributed by atoms with Gasteiger partial charge in [0.1, 0.15) is 12.5 Å². The molecule has 2 rings (SSSR count). The van der Waals surface area contributed by atoms with Gasteiger partial charge in [0.25, 0.3) is 11.1 Å². The van der Waals surface area contributed by atoms with Gasteiger partial charge in [-0.3, -0.25) is 42.3 Å². The summed E-state index contributed by atoms with van der Waals surface area (Å²) in [7, 11) is -3.20. The monoisotopic (exact) mass is 526 g/mol. The first-order valence-corrected chi connectivity index (χ1v) is 13.9. The van der Waals surface area contributed by atoms with Crippen LogP contribution < -0.4 is 22.5 Å². The van der Waals surface area contributed by atoms with E-state index in [1.807, 2.05) is 0 Å². The van der Waals surface area contributed by atoms with E-state index in [1.165, 1.54) is 21.5 Å². The molecule has 36 heavy (non-hydrogen) atoms. The van der Waals surface area contributed by atoms with Crippen molar-refractivity contribution >= 4 is 8.25 Å². The van der Waals surface area contributed by atoms with Crippen LogP contribution in [0.1, 0.15) is 102 Å². The fourth-order valence-electron chi connectivity index (χ4n) is 3.85. The molecule has 2 atom stereocenters. The zero-order valence-electron chi connectivity index (χ0n) is 21.6. The first-order valence-electron chi connectivity index (χ1n) is 12.7. The first-order chi connectivity index (χ1) is 17.2. The van der Waals surface area contributed by atoms with Gasteiger partial charge in [0.15, 0.2) is 0 Å². The van der Waals surface area contributed by atoms with Crippen LogP contribution in [0, 0.1) is 13.8 Å². The van der Waals surface area contributed by atoms with E-state index in [-0.39, 0.29) is 0 Å². The Morgan fingerprint density at radius 2 is 1.11 bits per heavy atom. The summed E-state index contributed by atoms with van der Waals surface area (Å²) in [5.41, 5.74) is -1.67. The third kappa shape index (κ3) is 8.87. The SMILES string of the molecule is CCCCCCC(O[PH](=O)OC(CCCCCC)n1cc(C)c(=O)[nH]c1=O)n1cc(C)c(=O)[nH]c1=O. The number of rotatable bonds is 16. The van der Waals surface area contributed by atoms with Crippen LogP contribution in [0.2, 0.25) is 0 Å². The summed E-state index contributed by atoms with van der Waals surface area (Å²) >= 11 is 0.